The third kappa shape index (κ3) is 3.79. The molecule has 1 saturated carbocycles. The van der Waals surface area contributed by atoms with Gasteiger partial charge in [-0.1, -0.05) is 6.92 Å². The fourth-order valence-electron chi connectivity index (χ4n) is 7.60. The van der Waals surface area contributed by atoms with Gasteiger partial charge in [-0.3, -0.25) is 14.4 Å². The number of ketones is 1. The lowest BCUT2D eigenvalue weighted by molar-refractivity contribution is -0.161. The van der Waals surface area contributed by atoms with Crippen LogP contribution in [0.3, 0.4) is 0 Å². The molecule has 0 radical (unpaired) electrons. The molecular formula is C28H35NO9. The number of nitrogens with zero attached hydrogens (tertiary/aromatic N) is 1. The predicted molar refractivity (Wildman–Crippen MR) is 132 cm³/mol. The summed E-state index contributed by atoms with van der Waals surface area (Å²) in [5, 5.41) is 11.6. The number of hydrogen-bond acceptors (Lipinski definition) is 10. The molecule has 10 heteroatoms. The molecule has 0 aromatic rings. The molecule has 10 nitrogen and oxygen atoms in total. The number of ether oxygens (including phenoxy) is 4. The first-order valence-electron chi connectivity index (χ1n) is 13.2. The number of likely N-dealkylation sites (tertiary alicyclic amines) is 1. The molecule has 3 fully saturated rings. The van der Waals surface area contributed by atoms with E-state index in [1.807, 2.05) is 18.7 Å². The van der Waals surface area contributed by atoms with Gasteiger partial charge < -0.3 is 29.0 Å². The first kappa shape index (κ1) is 26.5. The normalized spacial score (nSPS) is 37.6. The highest BCUT2D eigenvalue weighted by Crippen LogP contribution is 2.63. The fraction of sp³-hybridized carbons (Fsp3) is 0.643. The maximum Gasteiger partial charge on any atom is 0.340 e. The van der Waals surface area contributed by atoms with E-state index < -0.39 is 52.6 Å². The van der Waals surface area contributed by atoms with E-state index >= 15 is 0 Å². The average Bonchev–Trinajstić information content (AvgIpc) is 3.48. The molecule has 0 bridgehead atoms. The van der Waals surface area contributed by atoms with Crippen molar-refractivity contribution >= 4 is 24.2 Å². The Morgan fingerprint density at radius 2 is 1.92 bits per heavy atom. The molecule has 1 unspecified atom stereocenters. The Bertz CT molecular complexity index is 1160. The van der Waals surface area contributed by atoms with Crippen LogP contribution in [0.4, 0.5) is 0 Å². The molecule has 2 saturated heterocycles. The Morgan fingerprint density at radius 1 is 1.21 bits per heavy atom. The van der Waals surface area contributed by atoms with Crippen LogP contribution in [-0.2, 0) is 38.1 Å². The third-order valence-corrected chi connectivity index (χ3v) is 9.29. The molecule has 6 atom stereocenters. The number of esters is 2. The molecule has 0 aromatic carbocycles. The average molecular weight is 530 g/mol. The van der Waals surface area contributed by atoms with Crippen molar-refractivity contribution in [3.05, 3.63) is 34.3 Å². The van der Waals surface area contributed by atoms with Gasteiger partial charge in [0.05, 0.1) is 17.6 Å². The SMILES string of the molecule is COC[C@H]1OC(=O)/C(=C/N2CCCC2)C2=C(O)C(=O)C3=C([C@H](OC(C)=O)C[C@@]4(C)C3CC[C@@H]4OC=O)[C@]21C. The van der Waals surface area contributed by atoms with E-state index in [1.54, 1.807) is 6.20 Å². The van der Waals surface area contributed by atoms with Gasteiger partial charge in [-0.15, -0.1) is 0 Å². The second-order valence-electron chi connectivity index (χ2n) is 11.4. The van der Waals surface area contributed by atoms with Gasteiger partial charge in [0, 0.05) is 49.9 Å². The second kappa shape index (κ2) is 9.55. The maximum absolute atomic E-state index is 14.1. The molecule has 0 spiro atoms. The number of aliphatic hydroxyl groups is 1. The Labute approximate surface area is 221 Å². The minimum absolute atomic E-state index is 0.00654. The molecule has 5 rings (SSSR count). The summed E-state index contributed by atoms with van der Waals surface area (Å²) in [5.41, 5.74) is -0.700. The number of cyclic esters (lactones) is 1. The van der Waals surface area contributed by atoms with Gasteiger partial charge in [-0.05, 0) is 50.5 Å². The first-order valence-corrected chi connectivity index (χ1v) is 13.2. The molecule has 2 aliphatic heterocycles. The van der Waals surface area contributed by atoms with Gasteiger partial charge in [-0.25, -0.2) is 4.79 Å². The van der Waals surface area contributed by atoms with E-state index in [4.69, 9.17) is 18.9 Å². The quantitative estimate of drug-likeness (QED) is 0.237. The number of fused-ring (bicyclic) bond motifs is 4. The third-order valence-electron chi connectivity index (χ3n) is 9.29. The highest BCUT2D eigenvalue weighted by Gasteiger charge is 2.65. The summed E-state index contributed by atoms with van der Waals surface area (Å²) < 4.78 is 22.7. The largest absolute Gasteiger partial charge is 0.504 e. The van der Waals surface area contributed by atoms with Gasteiger partial charge >= 0.3 is 11.9 Å². The number of Topliss-reactive ketones (excluding diaryl/α,β-unsaturated/α-hetero) is 1. The summed E-state index contributed by atoms with van der Waals surface area (Å²) in [6.45, 7) is 6.97. The van der Waals surface area contributed by atoms with E-state index in [2.05, 4.69) is 0 Å². The van der Waals surface area contributed by atoms with Gasteiger partial charge in [-0.2, -0.15) is 0 Å². The number of allylic oxidation sites excluding steroid dienone is 1. The summed E-state index contributed by atoms with van der Waals surface area (Å²) in [7, 11) is 1.49. The van der Waals surface area contributed by atoms with Crippen LogP contribution >= 0.6 is 0 Å². The fourth-order valence-corrected chi connectivity index (χ4v) is 7.60. The van der Waals surface area contributed by atoms with E-state index in [-0.39, 0.29) is 23.7 Å². The smallest absolute Gasteiger partial charge is 0.340 e. The number of carbonyl (C=O) groups excluding carboxylic acids is 4. The van der Waals surface area contributed by atoms with Crippen LogP contribution in [0.5, 0.6) is 0 Å². The van der Waals surface area contributed by atoms with E-state index in [9.17, 15) is 24.3 Å². The molecule has 1 N–H and O–H groups in total. The molecule has 38 heavy (non-hydrogen) atoms. The molecule has 2 heterocycles. The zero-order valence-electron chi connectivity index (χ0n) is 22.3. The summed E-state index contributed by atoms with van der Waals surface area (Å²) >= 11 is 0. The number of aliphatic hydroxyl groups excluding tert-OH is 1. The van der Waals surface area contributed by atoms with Gasteiger partial charge in [0.1, 0.15) is 18.3 Å². The van der Waals surface area contributed by atoms with Crippen LogP contribution in [0.2, 0.25) is 0 Å². The van der Waals surface area contributed by atoms with Crippen molar-refractivity contribution in [2.24, 2.45) is 16.7 Å². The monoisotopic (exact) mass is 529 g/mol. The zero-order valence-corrected chi connectivity index (χ0v) is 22.3. The van der Waals surface area contributed by atoms with E-state index in [0.717, 1.165) is 25.9 Å². The van der Waals surface area contributed by atoms with Crippen LogP contribution in [0.25, 0.3) is 0 Å². The van der Waals surface area contributed by atoms with Gasteiger partial charge in [0.15, 0.2) is 5.76 Å². The Morgan fingerprint density at radius 3 is 2.55 bits per heavy atom. The van der Waals surface area contributed by atoms with Crippen molar-refractivity contribution in [1.82, 2.24) is 4.90 Å². The molecule has 3 aliphatic carbocycles. The highest BCUT2D eigenvalue weighted by molar-refractivity contribution is 6.13. The summed E-state index contributed by atoms with van der Waals surface area (Å²) in [5.74, 6) is -2.62. The number of carbonyl (C=O) groups is 4. The number of methoxy groups -OCH3 is 1. The minimum Gasteiger partial charge on any atom is -0.504 e. The molecule has 206 valence electrons. The summed E-state index contributed by atoms with van der Waals surface area (Å²) in [4.78, 5) is 53.0. The lowest BCUT2D eigenvalue weighted by atomic mass is 9.53. The van der Waals surface area contributed by atoms with Gasteiger partial charge in [0.25, 0.3) is 6.47 Å². The van der Waals surface area contributed by atoms with Crippen molar-refractivity contribution in [3.8, 4) is 0 Å². The topological polar surface area (TPSA) is 129 Å². The van der Waals surface area contributed by atoms with Crippen molar-refractivity contribution in [2.45, 2.75) is 71.2 Å². The Balaban J connectivity index is 1.74. The Hall–Kier alpha value is -3.14. The van der Waals surface area contributed by atoms with Crippen molar-refractivity contribution in [3.63, 3.8) is 0 Å². The van der Waals surface area contributed by atoms with Crippen LogP contribution in [-0.4, -0.2) is 79.3 Å². The Kier molecular flexibility index (Phi) is 6.65. The minimum atomic E-state index is -1.20. The zero-order chi connectivity index (χ0) is 27.4. The molecular weight excluding hydrogens is 494 g/mol. The molecule has 5 aliphatic rings. The summed E-state index contributed by atoms with van der Waals surface area (Å²) in [6, 6.07) is 0. The van der Waals surface area contributed by atoms with Gasteiger partial charge in [0.2, 0.25) is 5.78 Å². The number of hydrogen-bond donors (Lipinski definition) is 1. The van der Waals surface area contributed by atoms with E-state index in [1.165, 1.54) is 14.0 Å². The van der Waals surface area contributed by atoms with Crippen LogP contribution in [0.1, 0.15) is 52.9 Å². The van der Waals surface area contributed by atoms with Crippen molar-refractivity contribution in [2.75, 3.05) is 26.8 Å². The van der Waals surface area contributed by atoms with Crippen molar-refractivity contribution < 1.29 is 43.2 Å². The summed E-state index contributed by atoms with van der Waals surface area (Å²) in [6.07, 6.45) is 2.80. The highest BCUT2D eigenvalue weighted by atomic mass is 16.6. The van der Waals surface area contributed by atoms with Crippen LogP contribution < -0.4 is 0 Å². The maximum atomic E-state index is 14.1. The number of rotatable bonds is 6. The first-order chi connectivity index (χ1) is 18.1. The lowest BCUT2D eigenvalue weighted by Crippen LogP contribution is -2.57. The molecule has 0 amide bonds. The predicted octanol–water partition coefficient (Wildman–Crippen LogP) is 2.53. The van der Waals surface area contributed by atoms with Crippen LogP contribution in [0.15, 0.2) is 34.3 Å². The van der Waals surface area contributed by atoms with E-state index in [0.29, 0.717) is 36.9 Å². The van der Waals surface area contributed by atoms with Crippen LogP contribution in [0, 0.1) is 16.7 Å². The lowest BCUT2D eigenvalue weighted by Gasteiger charge is -2.54. The second-order valence-corrected chi connectivity index (χ2v) is 11.4. The standard InChI is InChI=1S/C28H35NO9/c1-15(31)37-18-11-27(2)17(7-8-19(27)36-14-30)21-23(18)28(3)20(13-35-4)38-26(34)16(12-29-9-5-6-10-29)22(28)25(33)24(21)32/h12,14,17-20,33H,5-11,13H2,1-4H3/b16-12+/t17?,18-,19+,20-,27+,28+/m1/s1. The molecule has 0 aromatic heterocycles. The van der Waals surface area contributed by atoms with Crippen molar-refractivity contribution in [1.29, 1.82) is 0 Å².